The third kappa shape index (κ3) is 10.7. The van der Waals surface area contributed by atoms with E-state index in [0.29, 0.717) is 40.9 Å². The zero-order valence-electron chi connectivity index (χ0n) is 20.4. The highest BCUT2D eigenvalue weighted by atomic mass is 35.5. The summed E-state index contributed by atoms with van der Waals surface area (Å²) in [4.78, 5) is 15.1. The second-order valence-corrected chi connectivity index (χ2v) is 9.42. The number of nitrogens with zero attached hydrogens (tertiary/aromatic N) is 1. The van der Waals surface area contributed by atoms with E-state index in [0.717, 1.165) is 25.9 Å². The van der Waals surface area contributed by atoms with Gasteiger partial charge >= 0.3 is 10.4 Å². The molecule has 0 radical (unpaired) electrons. The van der Waals surface area contributed by atoms with Gasteiger partial charge in [-0.3, -0.25) is 13.9 Å². The van der Waals surface area contributed by atoms with E-state index >= 15 is 0 Å². The maximum atomic E-state index is 12.9. The van der Waals surface area contributed by atoms with Crippen molar-refractivity contribution in [2.75, 3.05) is 46.2 Å². The molecule has 0 aliphatic carbocycles. The highest BCUT2D eigenvalue weighted by Gasteiger charge is 2.31. The molecule has 0 aromatic heterocycles. The number of benzene rings is 2. The first-order valence-corrected chi connectivity index (χ1v) is 13.0. The number of piperidine rings is 1. The van der Waals surface area contributed by atoms with Crippen LogP contribution in [0.1, 0.15) is 23.2 Å². The molecule has 1 fully saturated rings. The van der Waals surface area contributed by atoms with Crippen LogP contribution in [0.4, 0.5) is 10.1 Å². The lowest BCUT2D eigenvalue weighted by Crippen LogP contribution is -2.55. The number of hydrogen-bond acceptors (Lipinski definition) is 8. The summed E-state index contributed by atoms with van der Waals surface area (Å²) in [6, 6.07) is 8.92. The number of nitrogens with one attached hydrogen (secondary N) is 1. The first-order chi connectivity index (χ1) is 17.4. The van der Waals surface area contributed by atoms with Crippen molar-refractivity contribution >= 4 is 33.6 Å². The first kappa shape index (κ1) is 30.5. The van der Waals surface area contributed by atoms with Crippen LogP contribution in [0.25, 0.3) is 0 Å². The van der Waals surface area contributed by atoms with Crippen molar-refractivity contribution in [2.24, 2.45) is 0 Å². The Morgan fingerprint density at radius 2 is 1.89 bits per heavy atom. The zero-order chi connectivity index (χ0) is 27.6. The molecule has 11 nitrogen and oxygen atoms in total. The van der Waals surface area contributed by atoms with Crippen molar-refractivity contribution in [1.82, 2.24) is 10.2 Å². The Balaban J connectivity index is 0.000000877. The number of methoxy groups -OCH3 is 2. The minimum atomic E-state index is -4.67. The number of hydrogen-bond donors (Lipinski definition) is 4. The van der Waals surface area contributed by atoms with E-state index in [9.17, 15) is 9.18 Å². The lowest BCUT2D eigenvalue weighted by Gasteiger charge is -2.38. The number of nitrogens with two attached hydrogens (primary N) is 1. The number of amides is 1. The van der Waals surface area contributed by atoms with Crippen molar-refractivity contribution in [3.05, 3.63) is 52.8 Å². The summed E-state index contributed by atoms with van der Waals surface area (Å²) < 4.78 is 61.1. The predicted octanol–water partition coefficient (Wildman–Crippen LogP) is 2.71. The van der Waals surface area contributed by atoms with Gasteiger partial charge in [-0.1, -0.05) is 11.6 Å². The van der Waals surface area contributed by atoms with E-state index in [4.69, 9.17) is 49.1 Å². The number of halogens is 2. The molecule has 1 heterocycles. The predicted molar refractivity (Wildman–Crippen MR) is 136 cm³/mol. The molecular formula is C23H31ClFN3O8S. The molecule has 37 heavy (non-hydrogen) atoms. The van der Waals surface area contributed by atoms with Gasteiger partial charge in [-0.15, -0.1) is 0 Å². The molecule has 0 unspecified atom stereocenters. The summed E-state index contributed by atoms with van der Waals surface area (Å²) in [6.07, 6.45) is 1.42. The normalized spacial score (nSPS) is 17.9. The molecule has 0 bridgehead atoms. The minimum Gasteiger partial charge on any atom is -0.496 e. The molecule has 206 valence electrons. The zero-order valence-corrected chi connectivity index (χ0v) is 22.0. The van der Waals surface area contributed by atoms with Gasteiger partial charge in [-0.05, 0) is 43.2 Å². The standard InChI is InChI=1S/C23H29ClFN3O4.H2O4S/c1-30-21-13-19(26)18(24)12-17(21)23(29)27-20-8-10-28(14-22(20)31-2)9-3-11-32-16-6-4-15(25)5-7-16;1-5(2,3)4/h4-7,12-13,20,22H,3,8-11,14,26H2,1-2H3,(H,27,29);(H2,1,2,3,4)/t20-,22+;/m1./s1. The number of nitrogen functional groups attached to an aromatic ring is 1. The van der Waals surface area contributed by atoms with Crippen LogP contribution >= 0.6 is 11.6 Å². The average Bonchev–Trinajstić information content (AvgIpc) is 2.84. The Labute approximate surface area is 220 Å². The second kappa shape index (κ2) is 14.3. The van der Waals surface area contributed by atoms with Crippen LogP contribution < -0.4 is 20.5 Å². The van der Waals surface area contributed by atoms with E-state index in [1.165, 1.54) is 25.3 Å². The fourth-order valence-corrected chi connectivity index (χ4v) is 3.92. The number of rotatable bonds is 9. The Morgan fingerprint density at radius 3 is 2.49 bits per heavy atom. The van der Waals surface area contributed by atoms with Gasteiger partial charge < -0.3 is 30.2 Å². The van der Waals surface area contributed by atoms with Gasteiger partial charge in [0.25, 0.3) is 5.91 Å². The fraction of sp³-hybridized carbons (Fsp3) is 0.435. The molecule has 5 N–H and O–H groups in total. The molecule has 0 spiro atoms. The smallest absolute Gasteiger partial charge is 0.394 e. The Bertz CT molecular complexity index is 1130. The van der Waals surface area contributed by atoms with E-state index in [2.05, 4.69) is 10.2 Å². The minimum absolute atomic E-state index is 0.139. The lowest BCUT2D eigenvalue weighted by atomic mass is 10.0. The molecule has 2 aromatic carbocycles. The fourth-order valence-electron chi connectivity index (χ4n) is 3.76. The number of ether oxygens (including phenoxy) is 3. The number of carbonyl (C=O) groups is 1. The summed E-state index contributed by atoms with van der Waals surface area (Å²) in [5.74, 6) is 0.463. The third-order valence-corrected chi connectivity index (χ3v) is 5.85. The molecule has 1 aliphatic heterocycles. The van der Waals surface area contributed by atoms with E-state index in [1.54, 1.807) is 25.3 Å². The maximum absolute atomic E-state index is 12.9. The molecule has 1 amide bonds. The van der Waals surface area contributed by atoms with Crippen molar-refractivity contribution in [3.63, 3.8) is 0 Å². The Kier molecular flexibility index (Phi) is 11.8. The van der Waals surface area contributed by atoms with Crippen molar-refractivity contribution in [3.8, 4) is 11.5 Å². The largest absolute Gasteiger partial charge is 0.496 e. The van der Waals surface area contributed by atoms with Crippen molar-refractivity contribution < 1.29 is 40.9 Å². The Hall–Kier alpha value is -2.68. The molecular weight excluding hydrogens is 533 g/mol. The highest BCUT2D eigenvalue weighted by molar-refractivity contribution is 7.79. The quantitative estimate of drug-likeness (QED) is 0.203. The maximum Gasteiger partial charge on any atom is 0.394 e. The number of carbonyl (C=O) groups excluding carboxylic acids is 1. The van der Waals surface area contributed by atoms with Gasteiger partial charge in [0.2, 0.25) is 0 Å². The molecule has 2 atom stereocenters. The third-order valence-electron chi connectivity index (χ3n) is 5.53. The number of anilines is 1. The molecule has 1 aliphatic rings. The highest BCUT2D eigenvalue weighted by Crippen LogP contribution is 2.29. The molecule has 0 saturated carbocycles. The van der Waals surface area contributed by atoms with Crippen molar-refractivity contribution in [1.29, 1.82) is 0 Å². The van der Waals surface area contributed by atoms with Crippen molar-refractivity contribution in [2.45, 2.75) is 25.0 Å². The van der Waals surface area contributed by atoms with Gasteiger partial charge in [0.05, 0.1) is 42.1 Å². The summed E-state index contributed by atoms with van der Waals surface area (Å²) in [6.45, 7) is 2.89. The first-order valence-electron chi connectivity index (χ1n) is 11.2. The topological polar surface area (TPSA) is 161 Å². The van der Waals surface area contributed by atoms with Gasteiger partial charge in [0.1, 0.15) is 17.3 Å². The van der Waals surface area contributed by atoms with Crippen LogP contribution in [-0.4, -0.2) is 80.9 Å². The van der Waals surface area contributed by atoms with Gasteiger partial charge in [0.15, 0.2) is 0 Å². The van der Waals surface area contributed by atoms with Crippen LogP contribution in [-0.2, 0) is 15.1 Å². The molecule has 3 rings (SSSR count). The van der Waals surface area contributed by atoms with E-state index in [1.807, 2.05) is 0 Å². The second-order valence-electron chi connectivity index (χ2n) is 8.12. The van der Waals surface area contributed by atoms with Crippen LogP contribution in [0.3, 0.4) is 0 Å². The molecule has 2 aromatic rings. The van der Waals surface area contributed by atoms with Crippen LogP contribution in [0, 0.1) is 5.82 Å². The lowest BCUT2D eigenvalue weighted by molar-refractivity contribution is 0.00527. The van der Waals surface area contributed by atoms with E-state index in [-0.39, 0.29) is 23.9 Å². The summed E-state index contributed by atoms with van der Waals surface area (Å²) in [7, 11) is -1.54. The Morgan fingerprint density at radius 1 is 1.24 bits per heavy atom. The van der Waals surface area contributed by atoms with E-state index < -0.39 is 10.4 Å². The van der Waals surface area contributed by atoms with Crippen LogP contribution in [0.15, 0.2) is 36.4 Å². The summed E-state index contributed by atoms with van der Waals surface area (Å²) in [5.41, 5.74) is 6.49. The van der Waals surface area contributed by atoms with Crippen LogP contribution in [0.2, 0.25) is 5.02 Å². The van der Waals surface area contributed by atoms with Crippen LogP contribution in [0.5, 0.6) is 11.5 Å². The van der Waals surface area contributed by atoms with Gasteiger partial charge in [0, 0.05) is 32.8 Å². The summed E-state index contributed by atoms with van der Waals surface area (Å²) >= 11 is 6.09. The average molecular weight is 564 g/mol. The molecule has 1 saturated heterocycles. The van der Waals surface area contributed by atoms with Gasteiger partial charge in [-0.25, -0.2) is 4.39 Å². The summed E-state index contributed by atoms with van der Waals surface area (Å²) in [5, 5.41) is 3.35. The number of likely N-dealkylation sites (tertiary alicyclic amines) is 1. The van der Waals surface area contributed by atoms with Gasteiger partial charge in [-0.2, -0.15) is 8.42 Å². The monoisotopic (exact) mass is 563 g/mol. The molecule has 14 heteroatoms. The SMILES string of the molecule is COc1cc(N)c(Cl)cc1C(=O)N[C@@H]1CCN(CCCOc2ccc(F)cc2)C[C@@H]1OC.O=S(=O)(O)O.